The van der Waals surface area contributed by atoms with Gasteiger partial charge in [-0.2, -0.15) is 0 Å². The summed E-state index contributed by atoms with van der Waals surface area (Å²) in [5.74, 6) is -0.299. The molecule has 1 rings (SSSR count). The largest absolute Gasteiger partial charge is 0.423 e. The highest BCUT2D eigenvalue weighted by atomic mass is 35.5. The van der Waals surface area contributed by atoms with Crippen molar-refractivity contribution in [3.63, 3.8) is 0 Å². The van der Waals surface area contributed by atoms with Crippen LogP contribution in [0.15, 0.2) is 24.3 Å². The van der Waals surface area contributed by atoms with Gasteiger partial charge < -0.3 is 4.74 Å². The van der Waals surface area contributed by atoms with Crippen molar-refractivity contribution in [1.82, 2.24) is 0 Å². The Morgan fingerprint density at radius 2 is 1.73 bits per heavy atom. The van der Waals surface area contributed by atoms with Crippen molar-refractivity contribution >= 4 is 40.8 Å². The van der Waals surface area contributed by atoms with E-state index in [1.807, 2.05) is 0 Å². The number of carbonyl (C=O) groups excluding carboxylic acids is 1. The van der Waals surface area contributed by atoms with Crippen molar-refractivity contribution in [2.45, 2.75) is 6.92 Å². The first-order valence-electron chi connectivity index (χ1n) is 3.94. The number of hydrogen-bond donors (Lipinski definition) is 0. The van der Waals surface area contributed by atoms with Gasteiger partial charge in [0.05, 0.1) is 15.1 Å². The van der Waals surface area contributed by atoms with E-state index in [9.17, 15) is 4.79 Å². The number of hydrogen-bond acceptors (Lipinski definition) is 2. The lowest BCUT2D eigenvalue weighted by atomic mass is 10.3. The second-order valence-corrected chi connectivity index (χ2v) is 4.06. The van der Waals surface area contributed by atoms with Gasteiger partial charge in [-0.25, -0.2) is 4.79 Å². The van der Waals surface area contributed by atoms with E-state index in [0.717, 1.165) is 0 Å². The first-order chi connectivity index (χ1) is 6.91. The lowest BCUT2D eigenvalue weighted by Crippen LogP contribution is -2.08. The van der Waals surface area contributed by atoms with Crippen LogP contribution in [0.5, 0.6) is 5.75 Å². The molecule has 0 fully saturated rings. The second kappa shape index (κ2) is 4.88. The third-order valence-electron chi connectivity index (χ3n) is 1.52. The summed E-state index contributed by atoms with van der Waals surface area (Å²) in [5, 5.41) is 0.691. The topological polar surface area (TPSA) is 26.3 Å². The van der Waals surface area contributed by atoms with Gasteiger partial charge >= 0.3 is 5.97 Å². The summed E-state index contributed by atoms with van der Waals surface area (Å²) in [5.41, 5.74) is 0.289. The third kappa shape index (κ3) is 3.13. The summed E-state index contributed by atoms with van der Waals surface area (Å²) in [7, 11) is 0. The van der Waals surface area contributed by atoms with Crippen LogP contribution in [0.1, 0.15) is 6.92 Å². The van der Waals surface area contributed by atoms with Crippen LogP contribution in [-0.4, -0.2) is 5.97 Å². The average molecular weight is 266 g/mol. The maximum Gasteiger partial charge on any atom is 0.338 e. The van der Waals surface area contributed by atoms with E-state index in [1.165, 1.54) is 12.1 Å². The van der Waals surface area contributed by atoms with Crippen LogP contribution in [0.2, 0.25) is 15.1 Å². The monoisotopic (exact) mass is 264 g/mol. The fourth-order valence-electron chi connectivity index (χ4n) is 0.785. The second-order valence-electron chi connectivity index (χ2n) is 2.87. The molecule has 0 aliphatic carbocycles. The zero-order valence-corrected chi connectivity index (χ0v) is 10.1. The standard InChI is InChI=1S/C10H7Cl3O2/c1-5(2)10(14)15-6-3-7(11)9(13)8(12)4-6/h3-4H,1H2,2H3. The van der Waals surface area contributed by atoms with Crippen molar-refractivity contribution in [2.75, 3.05) is 0 Å². The van der Waals surface area contributed by atoms with Crippen LogP contribution in [-0.2, 0) is 4.79 Å². The Hall–Kier alpha value is -0.700. The molecule has 0 aliphatic heterocycles. The fourth-order valence-corrected chi connectivity index (χ4v) is 1.36. The molecule has 5 heteroatoms. The Balaban J connectivity index is 2.98. The first kappa shape index (κ1) is 12.4. The molecule has 0 N–H and O–H groups in total. The van der Waals surface area contributed by atoms with Gasteiger partial charge in [0.2, 0.25) is 0 Å². The van der Waals surface area contributed by atoms with E-state index in [2.05, 4.69) is 6.58 Å². The summed E-state index contributed by atoms with van der Waals surface area (Å²) in [6.07, 6.45) is 0. The Kier molecular flexibility index (Phi) is 4.03. The van der Waals surface area contributed by atoms with Crippen molar-refractivity contribution < 1.29 is 9.53 Å². The van der Waals surface area contributed by atoms with Crippen LogP contribution >= 0.6 is 34.8 Å². The molecular formula is C10H7Cl3O2. The Morgan fingerprint density at radius 1 is 1.27 bits per heavy atom. The van der Waals surface area contributed by atoms with Crippen LogP contribution in [0, 0.1) is 0 Å². The predicted octanol–water partition coefficient (Wildman–Crippen LogP) is 4.13. The van der Waals surface area contributed by atoms with E-state index >= 15 is 0 Å². The van der Waals surface area contributed by atoms with Crippen molar-refractivity contribution in [3.8, 4) is 5.75 Å². The van der Waals surface area contributed by atoms with Crippen LogP contribution in [0.4, 0.5) is 0 Å². The predicted molar refractivity (Wildman–Crippen MR) is 61.9 cm³/mol. The molecule has 0 radical (unpaired) electrons. The SMILES string of the molecule is C=C(C)C(=O)Oc1cc(Cl)c(Cl)c(Cl)c1. The zero-order valence-electron chi connectivity index (χ0n) is 7.81. The molecule has 0 amide bonds. The molecule has 1 aromatic carbocycles. The normalized spacial score (nSPS) is 9.87. The summed E-state index contributed by atoms with van der Waals surface area (Å²) >= 11 is 17.2. The minimum atomic E-state index is -0.538. The quantitative estimate of drug-likeness (QED) is 0.348. The molecular weight excluding hydrogens is 258 g/mol. The summed E-state index contributed by atoms with van der Waals surface area (Å²) < 4.78 is 4.93. The Bertz CT molecular complexity index is 404. The van der Waals surface area contributed by atoms with Gasteiger partial charge in [0.25, 0.3) is 0 Å². The molecule has 0 heterocycles. The van der Waals surface area contributed by atoms with Gasteiger partial charge in [0.15, 0.2) is 0 Å². The highest BCUT2D eigenvalue weighted by molar-refractivity contribution is 6.48. The van der Waals surface area contributed by atoms with Crippen molar-refractivity contribution in [2.24, 2.45) is 0 Å². The minimum absolute atomic E-state index is 0.230. The third-order valence-corrected chi connectivity index (χ3v) is 2.71. The molecule has 0 saturated heterocycles. The molecule has 1 aromatic rings. The summed E-state index contributed by atoms with van der Waals surface area (Å²) in [6, 6.07) is 2.83. The molecule has 0 aliphatic rings. The number of benzene rings is 1. The lowest BCUT2D eigenvalue weighted by molar-refractivity contribution is -0.130. The lowest BCUT2D eigenvalue weighted by Gasteiger charge is -2.06. The van der Waals surface area contributed by atoms with E-state index in [1.54, 1.807) is 6.92 Å². The molecule has 2 nitrogen and oxygen atoms in total. The van der Waals surface area contributed by atoms with Crippen LogP contribution < -0.4 is 4.74 Å². The molecule has 15 heavy (non-hydrogen) atoms. The average Bonchev–Trinajstić information content (AvgIpc) is 2.13. The van der Waals surface area contributed by atoms with E-state index in [4.69, 9.17) is 39.5 Å². The van der Waals surface area contributed by atoms with Crippen molar-refractivity contribution in [1.29, 1.82) is 0 Å². The van der Waals surface area contributed by atoms with Gasteiger partial charge in [-0.05, 0) is 6.92 Å². The highest BCUT2D eigenvalue weighted by Gasteiger charge is 2.10. The smallest absolute Gasteiger partial charge is 0.338 e. The molecule has 0 aromatic heterocycles. The molecule has 0 unspecified atom stereocenters. The van der Waals surface area contributed by atoms with Gasteiger partial charge in [-0.15, -0.1) is 0 Å². The highest BCUT2D eigenvalue weighted by Crippen LogP contribution is 2.34. The molecule has 80 valence electrons. The maximum atomic E-state index is 11.2. The van der Waals surface area contributed by atoms with Crippen LogP contribution in [0.3, 0.4) is 0 Å². The summed E-state index contributed by atoms with van der Waals surface area (Å²) in [6.45, 7) is 4.99. The van der Waals surface area contributed by atoms with E-state index in [-0.39, 0.29) is 26.4 Å². The Morgan fingerprint density at radius 3 is 2.13 bits per heavy atom. The first-order valence-corrected chi connectivity index (χ1v) is 5.07. The zero-order chi connectivity index (χ0) is 11.6. The molecule has 0 bridgehead atoms. The molecule has 0 spiro atoms. The molecule has 0 atom stereocenters. The number of esters is 1. The maximum absolute atomic E-state index is 11.2. The van der Waals surface area contributed by atoms with Gasteiger partial charge in [0, 0.05) is 17.7 Å². The number of rotatable bonds is 2. The van der Waals surface area contributed by atoms with E-state index in [0.29, 0.717) is 0 Å². The number of halogens is 3. The molecule has 0 saturated carbocycles. The van der Waals surface area contributed by atoms with Gasteiger partial charge in [0.1, 0.15) is 5.75 Å². The fraction of sp³-hybridized carbons (Fsp3) is 0.100. The van der Waals surface area contributed by atoms with Gasteiger partial charge in [-0.1, -0.05) is 41.4 Å². The summed E-state index contributed by atoms with van der Waals surface area (Å²) in [4.78, 5) is 11.2. The van der Waals surface area contributed by atoms with E-state index < -0.39 is 5.97 Å². The number of ether oxygens (including phenoxy) is 1. The van der Waals surface area contributed by atoms with Crippen LogP contribution in [0.25, 0.3) is 0 Å². The Labute approximate surface area is 102 Å². The minimum Gasteiger partial charge on any atom is -0.423 e. The number of carbonyl (C=O) groups is 1. The van der Waals surface area contributed by atoms with Gasteiger partial charge in [-0.3, -0.25) is 0 Å². The van der Waals surface area contributed by atoms with Crippen molar-refractivity contribution in [3.05, 3.63) is 39.4 Å².